The van der Waals surface area contributed by atoms with Crippen molar-refractivity contribution < 1.29 is 9.59 Å². The lowest BCUT2D eigenvalue weighted by Gasteiger charge is -2.17. The Hall–Kier alpha value is -2.70. The summed E-state index contributed by atoms with van der Waals surface area (Å²) in [6.45, 7) is 9.58. The molecule has 0 aliphatic carbocycles. The summed E-state index contributed by atoms with van der Waals surface area (Å²) < 4.78 is 0. The highest BCUT2D eigenvalue weighted by atomic mass is 16.2. The summed E-state index contributed by atoms with van der Waals surface area (Å²) in [6, 6.07) is 15.3. The molecule has 2 N–H and O–H groups in total. The van der Waals surface area contributed by atoms with Gasteiger partial charge in [-0.2, -0.15) is 0 Å². The van der Waals surface area contributed by atoms with Crippen LogP contribution in [0.4, 0.5) is 0 Å². The number of likely N-dealkylation sites (N-methyl/N-ethyl adjacent to an activating group) is 2. The summed E-state index contributed by atoms with van der Waals surface area (Å²) in [4.78, 5) is 29.6. The van der Waals surface area contributed by atoms with Crippen LogP contribution in [0.5, 0.6) is 0 Å². The molecule has 2 aromatic rings. The van der Waals surface area contributed by atoms with Gasteiger partial charge in [-0.1, -0.05) is 76.6 Å². The van der Waals surface area contributed by atoms with Gasteiger partial charge in [-0.3, -0.25) is 9.59 Å². The average molecular weight is 523 g/mol. The number of nitrogens with zero attached hydrogens (tertiary/aromatic N) is 2. The number of hydrogen-bond acceptors (Lipinski definition) is 4. The fourth-order valence-corrected chi connectivity index (χ4v) is 4.39. The molecule has 2 aromatic carbocycles. The summed E-state index contributed by atoms with van der Waals surface area (Å²) in [5.74, 6) is -0.0934. The molecule has 0 heterocycles. The van der Waals surface area contributed by atoms with Crippen LogP contribution < -0.4 is 10.6 Å². The molecule has 0 fully saturated rings. The third kappa shape index (κ3) is 12.2. The minimum absolute atomic E-state index is 0.0467. The second-order valence-electron chi connectivity index (χ2n) is 10.4. The maximum atomic E-state index is 12.5. The van der Waals surface area contributed by atoms with Gasteiger partial charge in [0.2, 0.25) is 0 Å². The van der Waals surface area contributed by atoms with E-state index in [2.05, 4.69) is 48.4 Å². The monoisotopic (exact) mass is 522 g/mol. The number of benzene rings is 2. The van der Waals surface area contributed by atoms with Gasteiger partial charge in [-0.15, -0.1) is 0 Å². The van der Waals surface area contributed by atoms with Crippen LogP contribution in [0.2, 0.25) is 0 Å². The van der Waals surface area contributed by atoms with Crippen LogP contribution in [-0.2, 0) is 0 Å². The van der Waals surface area contributed by atoms with Gasteiger partial charge in [0.05, 0.1) is 0 Å². The summed E-state index contributed by atoms with van der Waals surface area (Å²) in [5, 5.41) is 6.04. The van der Waals surface area contributed by atoms with Crippen molar-refractivity contribution in [3.05, 3.63) is 59.7 Å². The highest BCUT2D eigenvalue weighted by Crippen LogP contribution is 2.20. The van der Waals surface area contributed by atoms with Crippen LogP contribution in [0.25, 0.3) is 11.1 Å². The lowest BCUT2D eigenvalue weighted by molar-refractivity contribution is 0.0941. The molecular formula is C32H50N4O2. The van der Waals surface area contributed by atoms with Crippen LogP contribution >= 0.6 is 0 Å². The first-order valence-electron chi connectivity index (χ1n) is 14.6. The first-order valence-corrected chi connectivity index (χ1v) is 14.6. The number of hydrogen-bond donors (Lipinski definition) is 2. The smallest absolute Gasteiger partial charge is 0.251 e. The molecule has 0 bridgehead atoms. The Bertz CT molecular complexity index is 850. The molecule has 210 valence electrons. The van der Waals surface area contributed by atoms with E-state index >= 15 is 0 Å². The van der Waals surface area contributed by atoms with Crippen molar-refractivity contribution in [2.45, 2.75) is 65.2 Å². The first kappa shape index (κ1) is 31.5. The van der Waals surface area contributed by atoms with Crippen molar-refractivity contribution in [1.29, 1.82) is 0 Å². The van der Waals surface area contributed by atoms with E-state index in [0.29, 0.717) is 24.2 Å². The zero-order valence-electron chi connectivity index (χ0n) is 24.2. The van der Waals surface area contributed by atoms with Crippen molar-refractivity contribution in [2.24, 2.45) is 0 Å². The fourth-order valence-electron chi connectivity index (χ4n) is 4.39. The molecule has 0 saturated carbocycles. The summed E-state index contributed by atoms with van der Waals surface area (Å²) in [7, 11) is 4.22. The zero-order chi connectivity index (χ0) is 27.6. The maximum Gasteiger partial charge on any atom is 0.251 e. The normalized spacial score (nSPS) is 11.2. The number of carbonyl (C=O) groups excluding carboxylic acids is 2. The molecular weight excluding hydrogens is 472 g/mol. The lowest BCUT2D eigenvalue weighted by Crippen LogP contribution is -2.33. The van der Waals surface area contributed by atoms with E-state index in [1.165, 1.54) is 51.4 Å². The van der Waals surface area contributed by atoms with E-state index in [4.69, 9.17) is 0 Å². The van der Waals surface area contributed by atoms with Crippen LogP contribution in [-0.4, -0.2) is 75.0 Å². The largest absolute Gasteiger partial charge is 0.351 e. The Kier molecular flexibility index (Phi) is 15.4. The van der Waals surface area contributed by atoms with Crippen molar-refractivity contribution in [1.82, 2.24) is 20.4 Å². The van der Waals surface area contributed by atoms with Crippen LogP contribution in [0.3, 0.4) is 0 Å². The number of amides is 2. The maximum absolute atomic E-state index is 12.5. The van der Waals surface area contributed by atoms with Gasteiger partial charge in [-0.25, -0.2) is 0 Å². The van der Waals surface area contributed by atoms with E-state index in [-0.39, 0.29) is 11.8 Å². The Morgan fingerprint density at radius 3 is 1.26 bits per heavy atom. The van der Waals surface area contributed by atoms with Gasteiger partial charge in [-0.05, 0) is 75.4 Å². The summed E-state index contributed by atoms with van der Waals surface area (Å²) in [5.41, 5.74) is 3.35. The predicted octanol–water partition coefficient (Wildman–Crippen LogP) is 5.84. The van der Waals surface area contributed by atoms with Gasteiger partial charge in [0.25, 0.3) is 11.8 Å². The number of carbonyl (C=O) groups is 2. The number of nitrogens with one attached hydrogen (secondary N) is 2. The van der Waals surface area contributed by atoms with E-state index in [1.807, 2.05) is 48.5 Å². The molecule has 2 rings (SSSR count). The van der Waals surface area contributed by atoms with Crippen molar-refractivity contribution >= 4 is 11.8 Å². The third-order valence-electron chi connectivity index (χ3n) is 6.97. The van der Waals surface area contributed by atoms with Gasteiger partial charge in [0, 0.05) is 37.3 Å². The molecule has 0 atom stereocenters. The Morgan fingerprint density at radius 1 is 0.553 bits per heavy atom. The van der Waals surface area contributed by atoms with Crippen LogP contribution in [0.1, 0.15) is 85.9 Å². The molecule has 2 amide bonds. The van der Waals surface area contributed by atoms with Crippen LogP contribution in [0.15, 0.2) is 48.5 Å². The molecule has 6 heteroatoms. The second-order valence-corrected chi connectivity index (χ2v) is 10.4. The Balaban J connectivity index is 1.74. The van der Waals surface area contributed by atoms with E-state index < -0.39 is 0 Å². The molecule has 0 unspecified atom stereocenters. The SMILES string of the molecule is CCCCCCN(C)CCNC(=O)c1ccc(-c2ccc(C(=O)NCCN(C)CCCCCC)cc2)cc1. The second kappa shape index (κ2) is 18.5. The molecule has 38 heavy (non-hydrogen) atoms. The van der Waals surface area contributed by atoms with E-state index in [9.17, 15) is 9.59 Å². The molecule has 0 aliphatic heterocycles. The lowest BCUT2D eigenvalue weighted by atomic mass is 10.0. The average Bonchev–Trinajstić information content (AvgIpc) is 2.93. The summed E-state index contributed by atoms with van der Waals surface area (Å²) in [6.07, 6.45) is 10.0. The Morgan fingerprint density at radius 2 is 0.921 bits per heavy atom. The zero-order valence-corrected chi connectivity index (χ0v) is 24.2. The third-order valence-corrected chi connectivity index (χ3v) is 6.97. The highest BCUT2D eigenvalue weighted by molar-refractivity contribution is 5.95. The molecule has 0 saturated heterocycles. The fraction of sp³-hybridized carbons (Fsp3) is 0.562. The minimum atomic E-state index is -0.0467. The van der Waals surface area contributed by atoms with Crippen molar-refractivity contribution in [3.63, 3.8) is 0 Å². The molecule has 0 aromatic heterocycles. The van der Waals surface area contributed by atoms with E-state index in [1.54, 1.807) is 0 Å². The van der Waals surface area contributed by atoms with Crippen molar-refractivity contribution in [2.75, 3.05) is 53.4 Å². The number of rotatable bonds is 19. The van der Waals surface area contributed by atoms with E-state index in [0.717, 1.165) is 37.3 Å². The molecule has 0 radical (unpaired) electrons. The van der Waals surface area contributed by atoms with Gasteiger partial charge in [0.1, 0.15) is 0 Å². The Labute approximate surface area is 231 Å². The standard InChI is InChI=1S/C32H50N4O2/c1-5-7-9-11-23-35(3)25-21-33-31(37)29-17-13-27(14-18-29)28-15-19-30(20-16-28)32(38)34-22-26-36(4)24-12-10-8-6-2/h13-20H,5-12,21-26H2,1-4H3,(H,33,37)(H,34,38). The minimum Gasteiger partial charge on any atom is -0.351 e. The van der Waals surface area contributed by atoms with Gasteiger partial charge >= 0.3 is 0 Å². The molecule has 6 nitrogen and oxygen atoms in total. The van der Waals surface area contributed by atoms with Crippen molar-refractivity contribution in [3.8, 4) is 11.1 Å². The first-order chi connectivity index (χ1) is 18.4. The molecule has 0 aliphatic rings. The van der Waals surface area contributed by atoms with Gasteiger partial charge in [0.15, 0.2) is 0 Å². The molecule has 0 spiro atoms. The topological polar surface area (TPSA) is 64.7 Å². The van der Waals surface area contributed by atoms with Gasteiger partial charge < -0.3 is 20.4 Å². The summed E-state index contributed by atoms with van der Waals surface area (Å²) >= 11 is 0. The number of unbranched alkanes of at least 4 members (excludes halogenated alkanes) is 6. The van der Waals surface area contributed by atoms with Crippen LogP contribution in [0, 0.1) is 0 Å². The quantitative estimate of drug-likeness (QED) is 0.228. The highest BCUT2D eigenvalue weighted by Gasteiger charge is 2.09. The predicted molar refractivity (Wildman–Crippen MR) is 160 cm³/mol.